The molecule has 0 saturated heterocycles. The van der Waals surface area contributed by atoms with Gasteiger partial charge in [0.2, 0.25) is 0 Å². The van der Waals surface area contributed by atoms with E-state index in [-0.39, 0.29) is 0 Å². The molecule has 0 aliphatic carbocycles. The zero-order chi connectivity index (χ0) is 33.1. The molecule has 234 valence electrons. The Morgan fingerprint density at radius 1 is 0.420 bits per heavy atom. The molecule has 0 amide bonds. The van der Waals surface area contributed by atoms with E-state index in [2.05, 4.69) is 144 Å². The smallest absolute Gasteiger partial charge is 0.259 e. The van der Waals surface area contributed by atoms with Gasteiger partial charge in [0.05, 0.1) is 11.0 Å². The summed E-state index contributed by atoms with van der Waals surface area (Å²) in [7, 11) is -2.99. The number of fused-ring (bicyclic) bond motifs is 6. The summed E-state index contributed by atoms with van der Waals surface area (Å²) in [5.41, 5.74) is 6.20. The van der Waals surface area contributed by atoms with Crippen molar-refractivity contribution in [1.29, 1.82) is 0 Å². The summed E-state index contributed by atoms with van der Waals surface area (Å²) < 4.78 is 2.58. The van der Waals surface area contributed by atoms with Gasteiger partial charge in [-0.15, -0.1) is 0 Å². The lowest BCUT2D eigenvalue weighted by Gasteiger charge is -2.32. The van der Waals surface area contributed by atoms with Crippen molar-refractivity contribution in [1.82, 2.24) is 24.2 Å². The third-order valence-electron chi connectivity index (χ3n) is 9.87. The largest absolute Gasteiger partial charge is 0.339 e. The van der Waals surface area contributed by atoms with Crippen molar-refractivity contribution in [3.05, 3.63) is 176 Å². The molecule has 1 unspecified atom stereocenters. The van der Waals surface area contributed by atoms with E-state index in [0.29, 0.717) is 17.5 Å². The van der Waals surface area contributed by atoms with Crippen molar-refractivity contribution in [2.45, 2.75) is 0 Å². The normalized spacial score (nSPS) is 14.9. The summed E-state index contributed by atoms with van der Waals surface area (Å²) in [5, 5.41) is 6.10. The monoisotopic (exact) mass is 655 g/mol. The van der Waals surface area contributed by atoms with Crippen molar-refractivity contribution in [3.63, 3.8) is 0 Å². The summed E-state index contributed by atoms with van der Waals surface area (Å²) in [6, 6.07) is 62.1. The Bertz CT molecular complexity index is 2650. The molecule has 5 nitrogen and oxygen atoms in total. The molecule has 10 rings (SSSR count). The van der Waals surface area contributed by atoms with Crippen LogP contribution in [0, 0.1) is 0 Å². The molecule has 50 heavy (non-hydrogen) atoms. The molecular formula is C44H29N5Si. The van der Waals surface area contributed by atoms with E-state index < -0.39 is 8.24 Å². The predicted molar refractivity (Wildman–Crippen MR) is 205 cm³/mol. The third-order valence-corrected chi connectivity index (χ3v) is 14.5. The average Bonchev–Trinajstić information content (AvgIpc) is 3.72. The van der Waals surface area contributed by atoms with Gasteiger partial charge in [-0.1, -0.05) is 158 Å². The Kier molecular flexibility index (Phi) is 6.44. The molecule has 0 radical (unpaired) electrons. The second kappa shape index (κ2) is 11.3. The third kappa shape index (κ3) is 4.25. The summed E-state index contributed by atoms with van der Waals surface area (Å²) in [6.07, 6.45) is 0. The van der Waals surface area contributed by atoms with Crippen LogP contribution in [0.25, 0.3) is 67.4 Å². The van der Waals surface area contributed by atoms with Crippen molar-refractivity contribution in [3.8, 4) is 45.6 Å². The van der Waals surface area contributed by atoms with Crippen LogP contribution in [-0.4, -0.2) is 32.4 Å². The zero-order valence-corrected chi connectivity index (χ0v) is 28.0. The highest BCUT2D eigenvalue weighted by atomic mass is 28.3. The van der Waals surface area contributed by atoms with Gasteiger partial charge in [-0.2, -0.15) is 0 Å². The van der Waals surface area contributed by atoms with E-state index in [1.807, 2.05) is 36.4 Å². The topological polar surface area (TPSA) is 56.5 Å². The quantitative estimate of drug-likeness (QED) is 0.177. The molecule has 0 saturated carbocycles. The Morgan fingerprint density at radius 3 is 1.74 bits per heavy atom. The van der Waals surface area contributed by atoms with Crippen molar-refractivity contribution in [2.75, 3.05) is 0 Å². The first kappa shape index (κ1) is 28.5. The fourth-order valence-electron chi connectivity index (χ4n) is 7.71. The highest BCUT2D eigenvalue weighted by Gasteiger charge is 2.51. The van der Waals surface area contributed by atoms with Gasteiger partial charge in [0.15, 0.2) is 17.5 Å². The second-order valence-corrected chi connectivity index (χ2v) is 16.2. The maximum atomic E-state index is 5.28. The number of benzene rings is 7. The Labute approximate surface area is 290 Å². The van der Waals surface area contributed by atoms with Gasteiger partial charge in [-0.3, -0.25) is 0 Å². The molecule has 6 heteroatoms. The Hall–Kier alpha value is -6.50. The maximum absolute atomic E-state index is 5.28. The summed E-state index contributed by atoms with van der Waals surface area (Å²) >= 11 is 0. The standard InChI is InChI=1S/C44H29N5Si/c1-4-16-30(17-5-1)41-46-42(31-18-6-2-7-19-31)48-43(47-41)37-29-34(28-32-20-10-11-23-35(32)37)50(33-21-8-3-9-22-33)40-27-15-12-24-36(40)44-45-38-25-13-14-26-39(38)49(44)50/h1-29H. The Morgan fingerprint density at radius 2 is 1.00 bits per heavy atom. The maximum Gasteiger partial charge on any atom is 0.259 e. The van der Waals surface area contributed by atoms with Crippen LogP contribution in [0.3, 0.4) is 0 Å². The van der Waals surface area contributed by atoms with E-state index in [1.54, 1.807) is 0 Å². The van der Waals surface area contributed by atoms with Crippen molar-refractivity contribution >= 4 is 45.6 Å². The van der Waals surface area contributed by atoms with Gasteiger partial charge in [-0.05, 0) is 44.5 Å². The SMILES string of the molecule is c1ccc(-c2nc(-c3ccccc3)nc(-c3cc([Si]4(c5ccccc5)c5ccccc5-c5nc6ccccc6n54)cc4ccccc34)n2)cc1. The lowest BCUT2D eigenvalue weighted by atomic mass is 10.0. The van der Waals surface area contributed by atoms with Crippen LogP contribution in [0.1, 0.15) is 0 Å². The zero-order valence-electron chi connectivity index (χ0n) is 27.0. The highest BCUT2D eigenvalue weighted by molar-refractivity contribution is 7.12. The minimum absolute atomic E-state index is 0.646. The molecule has 1 atom stereocenters. The molecule has 0 bridgehead atoms. The van der Waals surface area contributed by atoms with E-state index in [4.69, 9.17) is 19.9 Å². The molecule has 2 aromatic heterocycles. The first-order valence-electron chi connectivity index (χ1n) is 16.8. The first-order valence-corrected chi connectivity index (χ1v) is 18.8. The molecule has 7 aromatic carbocycles. The van der Waals surface area contributed by atoms with Crippen molar-refractivity contribution in [2.24, 2.45) is 0 Å². The molecule has 3 heterocycles. The highest BCUT2D eigenvalue weighted by Crippen LogP contribution is 2.36. The minimum Gasteiger partial charge on any atom is -0.339 e. The summed E-state index contributed by atoms with van der Waals surface area (Å²) in [6.45, 7) is 0. The number of para-hydroxylation sites is 2. The molecule has 0 fully saturated rings. The molecular weight excluding hydrogens is 627 g/mol. The second-order valence-electron chi connectivity index (χ2n) is 12.7. The average molecular weight is 656 g/mol. The van der Waals surface area contributed by atoms with E-state index in [9.17, 15) is 0 Å². The lowest BCUT2D eigenvalue weighted by molar-refractivity contribution is 1.08. The van der Waals surface area contributed by atoms with Crippen LogP contribution in [0.5, 0.6) is 0 Å². The van der Waals surface area contributed by atoms with Gasteiger partial charge in [-0.25, -0.2) is 19.9 Å². The van der Waals surface area contributed by atoms with Gasteiger partial charge < -0.3 is 4.23 Å². The molecule has 0 spiro atoms. The van der Waals surface area contributed by atoms with Gasteiger partial charge in [0, 0.05) is 22.3 Å². The van der Waals surface area contributed by atoms with E-state index in [0.717, 1.165) is 44.3 Å². The van der Waals surface area contributed by atoms with Crippen LogP contribution in [-0.2, 0) is 0 Å². The van der Waals surface area contributed by atoms with Crippen molar-refractivity contribution < 1.29 is 0 Å². The van der Waals surface area contributed by atoms with E-state index in [1.165, 1.54) is 21.1 Å². The van der Waals surface area contributed by atoms with Gasteiger partial charge >= 0.3 is 0 Å². The minimum atomic E-state index is -2.99. The molecule has 0 N–H and O–H groups in total. The van der Waals surface area contributed by atoms with E-state index >= 15 is 0 Å². The molecule has 1 aliphatic heterocycles. The fourth-order valence-corrected chi connectivity index (χ4v) is 12.8. The number of nitrogens with zero attached hydrogens (tertiary/aromatic N) is 5. The molecule has 1 aliphatic rings. The van der Waals surface area contributed by atoms with Gasteiger partial charge in [0.25, 0.3) is 8.24 Å². The fraction of sp³-hybridized carbons (Fsp3) is 0. The number of hydrogen-bond donors (Lipinski definition) is 0. The molecule has 9 aromatic rings. The number of aromatic nitrogens is 5. The summed E-state index contributed by atoms with van der Waals surface area (Å²) in [5.74, 6) is 2.96. The number of imidazole rings is 1. The van der Waals surface area contributed by atoms with Crippen LogP contribution < -0.4 is 15.6 Å². The van der Waals surface area contributed by atoms with Crippen LogP contribution in [0.2, 0.25) is 0 Å². The van der Waals surface area contributed by atoms with Gasteiger partial charge in [0.1, 0.15) is 5.82 Å². The van der Waals surface area contributed by atoms with Crippen LogP contribution in [0.4, 0.5) is 0 Å². The Balaban J connectivity index is 1.33. The van der Waals surface area contributed by atoms with Crippen LogP contribution in [0.15, 0.2) is 176 Å². The number of hydrogen-bond acceptors (Lipinski definition) is 4. The predicted octanol–water partition coefficient (Wildman–Crippen LogP) is 7.87. The lowest BCUT2D eigenvalue weighted by Crippen LogP contribution is -2.70. The first-order chi connectivity index (χ1) is 24.8. The van der Waals surface area contributed by atoms with Crippen LogP contribution >= 0.6 is 0 Å². The number of rotatable bonds is 5. The summed E-state index contributed by atoms with van der Waals surface area (Å²) in [4.78, 5) is 20.7.